The van der Waals surface area contributed by atoms with Crippen molar-refractivity contribution in [2.75, 3.05) is 26.7 Å². The van der Waals surface area contributed by atoms with E-state index in [2.05, 4.69) is 5.32 Å². The molecule has 0 saturated carbocycles. The van der Waals surface area contributed by atoms with Crippen LogP contribution < -0.4 is 10.1 Å². The number of amides is 4. The van der Waals surface area contributed by atoms with Crippen LogP contribution in [0.25, 0.3) is 0 Å². The maximum Gasteiger partial charge on any atom is 0.324 e. The van der Waals surface area contributed by atoms with E-state index in [4.69, 9.17) is 4.74 Å². The van der Waals surface area contributed by atoms with Gasteiger partial charge in [0.15, 0.2) is 0 Å². The van der Waals surface area contributed by atoms with Crippen molar-refractivity contribution in [1.82, 2.24) is 15.1 Å². The summed E-state index contributed by atoms with van der Waals surface area (Å²) in [5.41, 5.74) is 0.832. The number of rotatable bonds is 4. The van der Waals surface area contributed by atoms with Gasteiger partial charge >= 0.3 is 6.03 Å². The molecular formula is C16H19N3O4. The molecule has 0 aromatic heterocycles. The summed E-state index contributed by atoms with van der Waals surface area (Å²) in [5, 5.41) is 2.51. The molecule has 4 amide bonds. The number of nitrogens with one attached hydrogen (secondary N) is 1. The molecule has 122 valence electrons. The summed E-state index contributed by atoms with van der Waals surface area (Å²) in [6, 6.07) is 6.82. The quantitative estimate of drug-likeness (QED) is 0.815. The second-order valence-electron chi connectivity index (χ2n) is 5.69. The predicted molar refractivity (Wildman–Crippen MR) is 81.9 cm³/mol. The van der Waals surface area contributed by atoms with E-state index in [9.17, 15) is 14.4 Å². The van der Waals surface area contributed by atoms with Crippen molar-refractivity contribution in [3.63, 3.8) is 0 Å². The van der Waals surface area contributed by atoms with E-state index < -0.39 is 0 Å². The third-order valence-electron chi connectivity index (χ3n) is 4.29. The van der Waals surface area contributed by atoms with Gasteiger partial charge in [-0.3, -0.25) is 14.5 Å². The Kier molecular flexibility index (Phi) is 4.18. The van der Waals surface area contributed by atoms with Crippen molar-refractivity contribution in [2.45, 2.75) is 18.9 Å². The second-order valence-corrected chi connectivity index (χ2v) is 5.69. The van der Waals surface area contributed by atoms with Crippen molar-refractivity contribution in [3.8, 4) is 5.75 Å². The zero-order valence-corrected chi connectivity index (χ0v) is 12.9. The summed E-state index contributed by atoms with van der Waals surface area (Å²) in [6.07, 6.45) is 0.869. The summed E-state index contributed by atoms with van der Waals surface area (Å²) < 4.78 is 5.26. The number of hydrogen-bond acceptors (Lipinski definition) is 4. The van der Waals surface area contributed by atoms with Gasteiger partial charge in [-0.05, 0) is 12.5 Å². The molecule has 1 N–H and O–H groups in total. The zero-order valence-electron chi connectivity index (χ0n) is 12.9. The molecule has 3 rings (SSSR count). The highest BCUT2D eigenvalue weighted by Gasteiger charge is 2.39. The van der Waals surface area contributed by atoms with E-state index in [1.807, 2.05) is 24.3 Å². The average Bonchev–Trinajstić information content (AvgIpc) is 3.14. The molecule has 7 heteroatoms. The molecule has 1 atom stereocenters. The number of imide groups is 1. The molecule has 23 heavy (non-hydrogen) atoms. The van der Waals surface area contributed by atoms with Gasteiger partial charge in [-0.25, -0.2) is 4.79 Å². The number of para-hydroxylation sites is 1. The van der Waals surface area contributed by atoms with Crippen molar-refractivity contribution in [3.05, 3.63) is 29.8 Å². The maximum atomic E-state index is 12.5. The molecule has 0 bridgehead atoms. The molecule has 2 aliphatic rings. The number of hydrogen-bond donors (Lipinski definition) is 1. The lowest BCUT2D eigenvalue weighted by molar-refractivity contribution is -0.131. The first kappa shape index (κ1) is 15.3. The van der Waals surface area contributed by atoms with Gasteiger partial charge in [-0.2, -0.15) is 0 Å². The van der Waals surface area contributed by atoms with E-state index in [1.54, 1.807) is 12.0 Å². The molecule has 0 aliphatic carbocycles. The number of benzene rings is 1. The zero-order chi connectivity index (χ0) is 16.4. The fraction of sp³-hybridized carbons (Fsp3) is 0.438. The van der Waals surface area contributed by atoms with Gasteiger partial charge in [-0.15, -0.1) is 0 Å². The van der Waals surface area contributed by atoms with Crippen LogP contribution in [0.15, 0.2) is 24.3 Å². The number of urea groups is 1. The van der Waals surface area contributed by atoms with Crippen molar-refractivity contribution < 1.29 is 19.1 Å². The first-order chi connectivity index (χ1) is 11.1. The number of carbonyl (C=O) groups is 3. The highest BCUT2D eigenvalue weighted by molar-refractivity contribution is 6.02. The Labute approximate surface area is 134 Å². The standard InChI is InChI=1S/C16H19N3O4/c1-23-13-5-3-2-4-11(13)8-14(20)18-7-6-12(10-18)19-15(21)9-17-16(19)22/h2-5,12H,6-10H2,1H3,(H,17,22). The van der Waals surface area contributed by atoms with Crippen molar-refractivity contribution in [1.29, 1.82) is 0 Å². The van der Waals surface area contributed by atoms with Crippen molar-refractivity contribution in [2.24, 2.45) is 0 Å². The molecular weight excluding hydrogens is 298 g/mol. The van der Waals surface area contributed by atoms with Crippen molar-refractivity contribution >= 4 is 17.8 Å². The summed E-state index contributed by atoms with van der Waals surface area (Å²) in [7, 11) is 1.58. The number of nitrogens with zero attached hydrogens (tertiary/aromatic N) is 2. The Balaban J connectivity index is 1.63. The Morgan fingerprint density at radius 3 is 2.83 bits per heavy atom. The topological polar surface area (TPSA) is 79.0 Å². The number of carbonyl (C=O) groups excluding carboxylic acids is 3. The van der Waals surface area contributed by atoms with Crippen LogP contribution in [0, 0.1) is 0 Å². The van der Waals surface area contributed by atoms with Gasteiger partial charge < -0.3 is 15.0 Å². The third-order valence-corrected chi connectivity index (χ3v) is 4.29. The Bertz CT molecular complexity index is 630. The van der Waals surface area contributed by atoms with Crippen LogP contribution in [-0.2, 0) is 16.0 Å². The minimum absolute atomic E-state index is 0.0240. The Morgan fingerprint density at radius 2 is 2.13 bits per heavy atom. The van der Waals surface area contributed by atoms with Crippen LogP contribution in [-0.4, -0.2) is 60.4 Å². The minimum atomic E-state index is -0.362. The SMILES string of the molecule is COc1ccccc1CC(=O)N1CCC(N2C(=O)CNC2=O)C1. The largest absolute Gasteiger partial charge is 0.496 e. The fourth-order valence-corrected chi connectivity index (χ4v) is 3.11. The normalized spacial score (nSPS) is 20.8. The Hall–Kier alpha value is -2.57. The van der Waals surface area contributed by atoms with Gasteiger partial charge in [0.1, 0.15) is 5.75 Å². The van der Waals surface area contributed by atoms with Gasteiger partial charge in [0.25, 0.3) is 0 Å². The molecule has 2 heterocycles. The molecule has 2 aliphatic heterocycles. The van der Waals surface area contributed by atoms with E-state index in [1.165, 1.54) is 4.90 Å². The maximum absolute atomic E-state index is 12.5. The number of ether oxygens (including phenoxy) is 1. The highest BCUT2D eigenvalue weighted by atomic mass is 16.5. The fourth-order valence-electron chi connectivity index (χ4n) is 3.11. The van der Waals surface area contributed by atoms with Crippen LogP contribution in [0.4, 0.5) is 4.79 Å². The molecule has 2 fully saturated rings. The average molecular weight is 317 g/mol. The van der Waals surface area contributed by atoms with Gasteiger partial charge in [0, 0.05) is 18.7 Å². The molecule has 1 unspecified atom stereocenters. The third kappa shape index (κ3) is 2.99. The van der Waals surface area contributed by atoms with E-state index in [0.717, 1.165) is 5.56 Å². The number of methoxy groups -OCH3 is 1. The number of likely N-dealkylation sites (tertiary alicyclic amines) is 1. The molecule has 0 spiro atoms. The lowest BCUT2D eigenvalue weighted by Crippen LogP contribution is -2.43. The lowest BCUT2D eigenvalue weighted by atomic mass is 10.1. The van der Waals surface area contributed by atoms with Gasteiger partial charge in [-0.1, -0.05) is 18.2 Å². The molecule has 7 nitrogen and oxygen atoms in total. The smallest absolute Gasteiger partial charge is 0.324 e. The summed E-state index contributed by atoms with van der Waals surface area (Å²) >= 11 is 0. The monoisotopic (exact) mass is 317 g/mol. The van der Waals surface area contributed by atoms with Gasteiger partial charge in [0.2, 0.25) is 11.8 Å². The van der Waals surface area contributed by atoms with Crippen LogP contribution in [0.1, 0.15) is 12.0 Å². The minimum Gasteiger partial charge on any atom is -0.496 e. The van der Waals surface area contributed by atoms with Crippen LogP contribution in [0.2, 0.25) is 0 Å². The summed E-state index contributed by atoms with van der Waals surface area (Å²) in [5.74, 6) is 0.439. The first-order valence-corrected chi connectivity index (χ1v) is 7.59. The molecule has 1 aromatic rings. The second kappa shape index (κ2) is 6.28. The van der Waals surface area contributed by atoms with E-state index in [-0.39, 0.29) is 36.9 Å². The van der Waals surface area contributed by atoms with E-state index in [0.29, 0.717) is 25.3 Å². The summed E-state index contributed by atoms with van der Waals surface area (Å²) in [4.78, 5) is 38.9. The lowest BCUT2D eigenvalue weighted by Gasteiger charge is -2.21. The molecule has 1 aromatic carbocycles. The molecule has 0 radical (unpaired) electrons. The van der Waals surface area contributed by atoms with Crippen LogP contribution in [0.5, 0.6) is 5.75 Å². The van der Waals surface area contributed by atoms with Crippen LogP contribution in [0.3, 0.4) is 0 Å². The van der Waals surface area contributed by atoms with Gasteiger partial charge in [0.05, 0.1) is 26.1 Å². The first-order valence-electron chi connectivity index (χ1n) is 7.59. The summed E-state index contributed by atoms with van der Waals surface area (Å²) in [6.45, 7) is 0.993. The highest BCUT2D eigenvalue weighted by Crippen LogP contribution is 2.22. The van der Waals surface area contributed by atoms with E-state index >= 15 is 0 Å². The Morgan fingerprint density at radius 1 is 1.35 bits per heavy atom. The molecule has 2 saturated heterocycles. The predicted octanol–water partition coefficient (Wildman–Crippen LogP) is 0.390. The van der Waals surface area contributed by atoms with Crippen LogP contribution >= 0.6 is 0 Å².